The Morgan fingerprint density at radius 2 is 2.00 bits per heavy atom. The third-order valence-corrected chi connectivity index (χ3v) is 2.36. The van der Waals surface area contributed by atoms with E-state index in [2.05, 4.69) is 12.6 Å². The molecular weight excluding hydrogens is 160 g/mol. The molecule has 0 bridgehead atoms. The third-order valence-electron chi connectivity index (χ3n) is 1.89. The van der Waals surface area contributed by atoms with Gasteiger partial charge in [-0.2, -0.15) is 12.6 Å². The van der Waals surface area contributed by atoms with Gasteiger partial charge in [0.25, 0.3) is 0 Å². The van der Waals surface area contributed by atoms with Gasteiger partial charge in [-0.25, -0.2) is 0 Å². The van der Waals surface area contributed by atoms with Crippen molar-refractivity contribution in [3.05, 3.63) is 0 Å². The monoisotopic (exact) mass is 174 g/mol. The van der Waals surface area contributed by atoms with Gasteiger partial charge in [0, 0.05) is 0 Å². The Bertz CT molecular complexity index is 136. The minimum Gasteiger partial charge on any atom is -0.465 e. The second-order valence-corrected chi connectivity index (χ2v) is 3.51. The molecule has 1 rings (SSSR count). The van der Waals surface area contributed by atoms with Crippen LogP contribution in [0.4, 0.5) is 0 Å². The van der Waals surface area contributed by atoms with E-state index in [9.17, 15) is 4.79 Å². The van der Waals surface area contributed by atoms with Gasteiger partial charge in [-0.15, -0.1) is 0 Å². The number of carbonyl (C=O) groups is 1. The normalized spacial score (nSPS) is 28.1. The minimum atomic E-state index is -0.187. The maximum Gasteiger partial charge on any atom is 0.318 e. The quantitative estimate of drug-likeness (QED) is 0.447. The van der Waals surface area contributed by atoms with Crippen molar-refractivity contribution in [2.75, 3.05) is 6.61 Å². The number of hydrogen-bond acceptors (Lipinski definition) is 3. The summed E-state index contributed by atoms with van der Waals surface area (Å²) in [5.41, 5.74) is 0. The highest BCUT2D eigenvalue weighted by Gasteiger charge is 2.15. The summed E-state index contributed by atoms with van der Waals surface area (Å²) in [6.45, 7) is 0.579. The maximum absolute atomic E-state index is 11.0. The van der Waals surface area contributed by atoms with E-state index in [1.165, 1.54) is 12.8 Å². The molecule has 0 aromatic heterocycles. The summed E-state index contributed by atoms with van der Waals surface area (Å²) >= 11 is 4.15. The zero-order valence-electron chi connectivity index (χ0n) is 6.58. The smallest absolute Gasteiger partial charge is 0.318 e. The zero-order chi connectivity index (χ0) is 8.10. The predicted molar refractivity (Wildman–Crippen MR) is 46.8 cm³/mol. The first-order chi connectivity index (χ1) is 5.30. The lowest BCUT2D eigenvalue weighted by Gasteiger charge is -2.06. The molecule has 0 radical (unpaired) electrons. The number of rotatable bonds is 0. The molecule has 11 heavy (non-hydrogen) atoms. The first-order valence-electron chi connectivity index (χ1n) is 4.15. The van der Waals surface area contributed by atoms with E-state index < -0.39 is 0 Å². The average molecular weight is 174 g/mol. The first-order valence-corrected chi connectivity index (χ1v) is 4.67. The Balaban J connectivity index is 2.35. The molecule has 1 atom stereocenters. The van der Waals surface area contributed by atoms with Crippen molar-refractivity contribution in [1.82, 2.24) is 0 Å². The Kier molecular flexibility index (Phi) is 3.77. The summed E-state index contributed by atoms with van der Waals surface area (Å²) in [6, 6.07) is 0. The molecule has 1 aliphatic rings. The largest absolute Gasteiger partial charge is 0.465 e. The molecule has 1 saturated heterocycles. The predicted octanol–water partition coefficient (Wildman–Crippen LogP) is 1.79. The molecule has 0 N–H and O–H groups in total. The fourth-order valence-electron chi connectivity index (χ4n) is 1.18. The van der Waals surface area contributed by atoms with Crippen LogP contribution in [0.25, 0.3) is 0 Å². The van der Waals surface area contributed by atoms with Crippen LogP contribution in [-0.2, 0) is 9.53 Å². The van der Waals surface area contributed by atoms with Crippen LogP contribution in [0.2, 0.25) is 0 Å². The van der Waals surface area contributed by atoms with Crippen LogP contribution in [0, 0.1) is 0 Å². The summed E-state index contributed by atoms with van der Waals surface area (Å²) in [6.07, 6.45) is 5.35. The topological polar surface area (TPSA) is 26.3 Å². The molecule has 1 unspecified atom stereocenters. The summed E-state index contributed by atoms with van der Waals surface area (Å²) in [4.78, 5) is 11.0. The fraction of sp³-hybridized carbons (Fsp3) is 0.875. The van der Waals surface area contributed by atoms with Crippen LogP contribution in [0.3, 0.4) is 0 Å². The summed E-state index contributed by atoms with van der Waals surface area (Å²) in [5, 5.41) is -0.187. The molecule has 0 aromatic carbocycles. The Labute approximate surface area is 72.7 Å². The van der Waals surface area contributed by atoms with E-state index in [0.29, 0.717) is 6.61 Å². The van der Waals surface area contributed by atoms with E-state index in [4.69, 9.17) is 4.74 Å². The second-order valence-electron chi connectivity index (χ2n) is 2.89. The minimum absolute atomic E-state index is 0.143. The number of cyclic esters (lactones) is 1. The van der Waals surface area contributed by atoms with Crippen LogP contribution in [-0.4, -0.2) is 17.8 Å². The lowest BCUT2D eigenvalue weighted by atomic mass is 10.1. The van der Waals surface area contributed by atoms with Crippen molar-refractivity contribution in [3.63, 3.8) is 0 Å². The van der Waals surface area contributed by atoms with Gasteiger partial charge in [-0.1, -0.05) is 19.3 Å². The molecule has 1 fully saturated rings. The van der Waals surface area contributed by atoms with Gasteiger partial charge < -0.3 is 4.74 Å². The number of carbonyl (C=O) groups excluding carboxylic acids is 1. The van der Waals surface area contributed by atoms with Crippen molar-refractivity contribution in [1.29, 1.82) is 0 Å². The van der Waals surface area contributed by atoms with Gasteiger partial charge in [0.1, 0.15) is 0 Å². The molecule has 3 heteroatoms. The van der Waals surface area contributed by atoms with Crippen molar-refractivity contribution >= 4 is 18.6 Å². The third kappa shape index (κ3) is 3.14. The van der Waals surface area contributed by atoms with Crippen molar-refractivity contribution in [2.45, 2.75) is 37.4 Å². The molecular formula is C8H14O2S. The Morgan fingerprint density at radius 1 is 1.27 bits per heavy atom. The van der Waals surface area contributed by atoms with Gasteiger partial charge in [0.2, 0.25) is 0 Å². The van der Waals surface area contributed by atoms with E-state index >= 15 is 0 Å². The standard InChI is InChI=1S/C8H14O2S/c9-8-7(11)5-3-1-2-4-6-10-8/h7,11H,1-6H2. The highest BCUT2D eigenvalue weighted by molar-refractivity contribution is 7.81. The van der Waals surface area contributed by atoms with Crippen LogP contribution in [0.5, 0.6) is 0 Å². The van der Waals surface area contributed by atoms with E-state index in [1.54, 1.807) is 0 Å². The van der Waals surface area contributed by atoms with Gasteiger partial charge >= 0.3 is 5.97 Å². The Hall–Kier alpha value is -0.180. The van der Waals surface area contributed by atoms with Crippen LogP contribution in [0.1, 0.15) is 32.1 Å². The fourth-order valence-corrected chi connectivity index (χ4v) is 1.44. The van der Waals surface area contributed by atoms with Crippen LogP contribution >= 0.6 is 12.6 Å². The molecule has 1 heterocycles. The summed E-state index contributed by atoms with van der Waals surface area (Å²) in [7, 11) is 0. The SMILES string of the molecule is O=C1OCCCCCCC1S. The van der Waals surface area contributed by atoms with Crippen LogP contribution in [0.15, 0.2) is 0 Å². The summed E-state index contributed by atoms with van der Waals surface area (Å²) < 4.78 is 4.96. The Morgan fingerprint density at radius 3 is 2.82 bits per heavy atom. The zero-order valence-corrected chi connectivity index (χ0v) is 7.48. The van der Waals surface area contributed by atoms with Gasteiger partial charge in [-0.05, 0) is 12.8 Å². The summed E-state index contributed by atoms with van der Waals surface area (Å²) in [5.74, 6) is -0.143. The molecule has 1 aliphatic heterocycles. The van der Waals surface area contributed by atoms with Gasteiger partial charge in [-0.3, -0.25) is 4.79 Å². The molecule has 0 saturated carbocycles. The van der Waals surface area contributed by atoms with Crippen LogP contribution < -0.4 is 0 Å². The number of thiol groups is 1. The lowest BCUT2D eigenvalue weighted by Crippen LogP contribution is -2.17. The van der Waals surface area contributed by atoms with Crippen molar-refractivity contribution in [2.24, 2.45) is 0 Å². The maximum atomic E-state index is 11.0. The molecule has 0 amide bonds. The molecule has 0 spiro atoms. The van der Waals surface area contributed by atoms with Gasteiger partial charge in [0.15, 0.2) is 0 Å². The number of esters is 1. The van der Waals surface area contributed by atoms with E-state index in [-0.39, 0.29) is 11.2 Å². The lowest BCUT2D eigenvalue weighted by molar-refractivity contribution is -0.142. The molecule has 64 valence electrons. The van der Waals surface area contributed by atoms with E-state index in [1.807, 2.05) is 0 Å². The van der Waals surface area contributed by atoms with Gasteiger partial charge in [0.05, 0.1) is 11.9 Å². The number of ether oxygens (including phenoxy) is 1. The average Bonchev–Trinajstić information content (AvgIpc) is 2.07. The van der Waals surface area contributed by atoms with Crippen molar-refractivity contribution in [3.8, 4) is 0 Å². The molecule has 2 nitrogen and oxygen atoms in total. The number of hydrogen-bond donors (Lipinski definition) is 1. The molecule has 0 aromatic rings. The highest BCUT2D eigenvalue weighted by atomic mass is 32.1. The van der Waals surface area contributed by atoms with Crippen molar-refractivity contribution < 1.29 is 9.53 Å². The molecule has 0 aliphatic carbocycles. The second kappa shape index (κ2) is 4.65. The van der Waals surface area contributed by atoms with E-state index in [0.717, 1.165) is 19.3 Å². The first kappa shape index (κ1) is 8.91. The highest BCUT2D eigenvalue weighted by Crippen LogP contribution is 2.14.